The number of hydrogen-bond donors (Lipinski definition) is 1. The van der Waals surface area contributed by atoms with Crippen molar-refractivity contribution >= 4 is 15.9 Å². The predicted molar refractivity (Wildman–Crippen MR) is 73.9 cm³/mol. The van der Waals surface area contributed by atoms with E-state index in [1.807, 2.05) is 18.2 Å². The Labute approximate surface area is 116 Å². The van der Waals surface area contributed by atoms with E-state index in [1.54, 1.807) is 6.92 Å². The smallest absolute Gasteiger partial charge is 0.125 e. The van der Waals surface area contributed by atoms with Crippen LogP contribution in [0.2, 0.25) is 0 Å². The van der Waals surface area contributed by atoms with Crippen LogP contribution < -0.4 is 4.74 Å². The zero-order valence-corrected chi connectivity index (χ0v) is 12.1. The van der Waals surface area contributed by atoms with Gasteiger partial charge in [0.05, 0.1) is 18.8 Å². The molecular weight excluding hydrogens is 296 g/mol. The van der Waals surface area contributed by atoms with E-state index in [1.165, 1.54) is 0 Å². The molecule has 1 N–H and O–H groups in total. The van der Waals surface area contributed by atoms with Gasteiger partial charge in [0.15, 0.2) is 0 Å². The third-order valence-electron chi connectivity index (χ3n) is 3.14. The molecule has 0 aliphatic carbocycles. The van der Waals surface area contributed by atoms with Gasteiger partial charge < -0.3 is 14.6 Å². The zero-order valence-electron chi connectivity index (χ0n) is 10.6. The summed E-state index contributed by atoms with van der Waals surface area (Å²) in [4.78, 5) is 0. The van der Waals surface area contributed by atoms with Crippen LogP contribution in [0.5, 0.6) is 5.75 Å². The fraction of sp³-hybridized carbons (Fsp3) is 0.571. The standard InChI is InChI=1S/C14H19BrO3/c1-10(16)13-9-11(15)4-5-14(13)18-8-6-12-3-2-7-17-12/h4-5,9-10,12,16H,2-3,6-8H2,1H3/t10-,12?/m1/s1. The van der Waals surface area contributed by atoms with Gasteiger partial charge in [0.2, 0.25) is 0 Å². The van der Waals surface area contributed by atoms with E-state index >= 15 is 0 Å². The molecule has 1 aliphatic heterocycles. The molecule has 1 saturated heterocycles. The monoisotopic (exact) mass is 314 g/mol. The Kier molecular flexibility index (Phi) is 5.03. The Morgan fingerprint density at radius 3 is 3.06 bits per heavy atom. The van der Waals surface area contributed by atoms with Gasteiger partial charge in [-0.15, -0.1) is 0 Å². The van der Waals surface area contributed by atoms with Crippen molar-refractivity contribution in [1.82, 2.24) is 0 Å². The Balaban J connectivity index is 1.91. The summed E-state index contributed by atoms with van der Waals surface area (Å²) >= 11 is 3.40. The molecule has 2 rings (SSSR count). The quantitative estimate of drug-likeness (QED) is 0.904. The average Bonchev–Trinajstić information content (AvgIpc) is 2.84. The van der Waals surface area contributed by atoms with Crippen molar-refractivity contribution < 1.29 is 14.6 Å². The average molecular weight is 315 g/mol. The molecule has 1 heterocycles. The van der Waals surface area contributed by atoms with Crippen LogP contribution in [0.15, 0.2) is 22.7 Å². The van der Waals surface area contributed by atoms with E-state index < -0.39 is 6.10 Å². The van der Waals surface area contributed by atoms with Crippen molar-refractivity contribution in [2.45, 2.75) is 38.4 Å². The van der Waals surface area contributed by atoms with Crippen LogP contribution in [0.4, 0.5) is 0 Å². The minimum Gasteiger partial charge on any atom is -0.493 e. The van der Waals surface area contributed by atoms with E-state index in [-0.39, 0.29) is 0 Å². The molecule has 0 radical (unpaired) electrons. The molecule has 100 valence electrons. The van der Waals surface area contributed by atoms with E-state index in [2.05, 4.69) is 15.9 Å². The number of halogens is 1. The lowest BCUT2D eigenvalue weighted by Gasteiger charge is -2.15. The first kappa shape index (κ1) is 13.8. The number of ether oxygens (including phenoxy) is 2. The topological polar surface area (TPSA) is 38.7 Å². The molecule has 4 heteroatoms. The second kappa shape index (κ2) is 6.55. The molecule has 2 atom stereocenters. The normalized spacial score (nSPS) is 20.9. The van der Waals surface area contributed by atoms with Crippen LogP contribution >= 0.6 is 15.9 Å². The minimum atomic E-state index is -0.528. The lowest BCUT2D eigenvalue weighted by molar-refractivity contribution is 0.0896. The van der Waals surface area contributed by atoms with Crippen molar-refractivity contribution in [2.24, 2.45) is 0 Å². The molecule has 1 aliphatic rings. The number of benzene rings is 1. The summed E-state index contributed by atoms with van der Waals surface area (Å²) < 4.78 is 12.3. The van der Waals surface area contributed by atoms with Crippen LogP contribution in [-0.2, 0) is 4.74 Å². The molecule has 18 heavy (non-hydrogen) atoms. The van der Waals surface area contributed by atoms with Gasteiger partial charge in [0.25, 0.3) is 0 Å². The number of aliphatic hydroxyl groups excluding tert-OH is 1. The minimum absolute atomic E-state index is 0.343. The first-order valence-electron chi connectivity index (χ1n) is 6.38. The number of hydrogen-bond acceptors (Lipinski definition) is 3. The number of aliphatic hydroxyl groups is 1. The Hall–Kier alpha value is -0.580. The molecule has 1 aromatic rings. The summed E-state index contributed by atoms with van der Waals surface area (Å²) in [6.07, 6.45) is 3.01. The Morgan fingerprint density at radius 1 is 1.56 bits per heavy atom. The van der Waals surface area contributed by atoms with Crippen molar-refractivity contribution in [1.29, 1.82) is 0 Å². The second-order valence-corrected chi connectivity index (χ2v) is 5.55. The lowest BCUT2D eigenvalue weighted by atomic mass is 10.1. The van der Waals surface area contributed by atoms with Gasteiger partial charge in [-0.3, -0.25) is 0 Å². The molecule has 3 nitrogen and oxygen atoms in total. The fourth-order valence-corrected chi connectivity index (χ4v) is 2.53. The van der Waals surface area contributed by atoms with E-state index in [0.29, 0.717) is 12.7 Å². The molecular formula is C14H19BrO3. The van der Waals surface area contributed by atoms with Gasteiger partial charge in [0, 0.05) is 23.1 Å². The van der Waals surface area contributed by atoms with Crippen LogP contribution in [0.25, 0.3) is 0 Å². The molecule has 1 unspecified atom stereocenters. The zero-order chi connectivity index (χ0) is 13.0. The maximum absolute atomic E-state index is 9.71. The Bertz CT molecular complexity index is 387. The van der Waals surface area contributed by atoms with Gasteiger partial charge >= 0.3 is 0 Å². The fourth-order valence-electron chi connectivity index (χ4n) is 2.15. The highest BCUT2D eigenvalue weighted by atomic mass is 79.9. The molecule has 0 aromatic heterocycles. The molecule has 1 aromatic carbocycles. The lowest BCUT2D eigenvalue weighted by Crippen LogP contribution is -2.11. The maximum atomic E-state index is 9.71. The molecule has 0 saturated carbocycles. The van der Waals surface area contributed by atoms with Gasteiger partial charge in [0.1, 0.15) is 5.75 Å². The Morgan fingerprint density at radius 2 is 2.39 bits per heavy atom. The van der Waals surface area contributed by atoms with Crippen molar-refractivity contribution in [2.75, 3.05) is 13.2 Å². The molecule has 0 bridgehead atoms. The highest BCUT2D eigenvalue weighted by molar-refractivity contribution is 9.10. The highest BCUT2D eigenvalue weighted by Crippen LogP contribution is 2.28. The number of rotatable bonds is 5. The first-order valence-corrected chi connectivity index (χ1v) is 7.18. The maximum Gasteiger partial charge on any atom is 0.125 e. The summed E-state index contributed by atoms with van der Waals surface area (Å²) in [5, 5.41) is 9.71. The van der Waals surface area contributed by atoms with E-state index in [4.69, 9.17) is 9.47 Å². The van der Waals surface area contributed by atoms with Crippen LogP contribution in [0.3, 0.4) is 0 Å². The summed E-state index contributed by atoms with van der Waals surface area (Å²) in [6, 6.07) is 5.71. The van der Waals surface area contributed by atoms with E-state index in [9.17, 15) is 5.11 Å². The first-order chi connectivity index (χ1) is 8.66. The molecule has 1 fully saturated rings. The van der Waals surface area contributed by atoms with Crippen LogP contribution in [0, 0.1) is 0 Å². The van der Waals surface area contributed by atoms with Gasteiger partial charge in [-0.25, -0.2) is 0 Å². The van der Waals surface area contributed by atoms with Crippen molar-refractivity contribution in [3.05, 3.63) is 28.2 Å². The SMILES string of the molecule is C[C@@H](O)c1cc(Br)ccc1OCCC1CCCO1. The summed E-state index contributed by atoms with van der Waals surface area (Å²) in [5.41, 5.74) is 0.816. The summed E-state index contributed by atoms with van der Waals surface area (Å²) in [5.74, 6) is 0.756. The van der Waals surface area contributed by atoms with Crippen molar-refractivity contribution in [3.8, 4) is 5.75 Å². The van der Waals surface area contributed by atoms with Gasteiger partial charge in [-0.05, 0) is 38.0 Å². The van der Waals surface area contributed by atoms with Crippen molar-refractivity contribution in [3.63, 3.8) is 0 Å². The predicted octanol–water partition coefficient (Wildman–Crippen LogP) is 3.45. The van der Waals surface area contributed by atoms with Crippen LogP contribution in [0.1, 0.15) is 37.9 Å². The van der Waals surface area contributed by atoms with Crippen LogP contribution in [-0.4, -0.2) is 24.4 Å². The largest absolute Gasteiger partial charge is 0.493 e. The third kappa shape index (κ3) is 3.70. The van der Waals surface area contributed by atoms with Gasteiger partial charge in [-0.1, -0.05) is 15.9 Å². The molecule has 0 amide bonds. The summed E-state index contributed by atoms with van der Waals surface area (Å²) in [7, 11) is 0. The summed E-state index contributed by atoms with van der Waals surface area (Å²) in [6.45, 7) is 3.25. The van der Waals surface area contributed by atoms with E-state index in [0.717, 1.165) is 41.7 Å². The second-order valence-electron chi connectivity index (χ2n) is 4.63. The van der Waals surface area contributed by atoms with Gasteiger partial charge in [-0.2, -0.15) is 0 Å². The highest BCUT2D eigenvalue weighted by Gasteiger charge is 2.16. The third-order valence-corrected chi connectivity index (χ3v) is 3.64. The molecule has 0 spiro atoms.